The quantitative estimate of drug-likeness (QED) is 0.765. The molecule has 0 spiro atoms. The van der Waals surface area contributed by atoms with Gasteiger partial charge in [-0.05, 0) is 37.5 Å². The molecule has 1 fully saturated rings. The maximum absolute atomic E-state index is 10.6. The zero-order chi connectivity index (χ0) is 10.7. The lowest BCUT2D eigenvalue weighted by atomic mass is 9.96. The molecule has 0 atom stereocenters. The van der Waals surface area contributed by atoms with Crippen molar-refractivity contribution < 1.29 is 14.6 Å². The average Bonchev–Trinajstić information content (AvgIpc) is 2.23. The van der Waals surface area contributed by atoms with Crippen molar-refractivity contribution in [3.05, 3.63) is 29.3 Å². The van der Waals surface area contributed by atoms with Crippen LogP contribution in [0.2, 0.25) is 0 Å². The Hall–Kier alpha value is -1.35. The molecule has 1 aromatic carbocycles. The van der Waals surface area contributed by atoms with E-state index >= 15 is 0 Å². The van der Waals surface area contributed by atoms with E-state index in [4.69, 9.17) is 9.84 Å². The van der Waals surface area contributed by atoms with Crippen LogP contribution in [0.1, 0.15) is 35.2 Å². The van der Waals surface area contributed by atoms with E-state index in [1.54, 1.807) is 18.2 Å². The summed E-state index contributed by atoms with van der Waals surface area (Å²) in [7, 11) is 0. The fourth-order valence-electron chi connectivity index (χ4n) is 1.58. The van der Waals surface area contributed by atoms with Gasteiger partial charge in [-0.2, -0.15) is 0 Å². The van der Waals surface area contributed by atoms with Gasteiger partial charge in [-0.1, -0.05) is 0 Å². The summed E-state index contributed by atoms with van der Waals surface area (Å²) in [4.78, 5) is 10.6. The van der Waals surface area contributed by atoms with E-state index in [2.05, 4.69) is 0 Å². The molecule has 80 valence electrons. The second kappa shape index (κ2) is 4.45. The van der Waals surface area contributed by atoms with E-state index < -0.39 is 0 Å². The number of rotatable bonds is 4. The predicted octanol–water partition coefficient (Wildman–Crippen LogP) is 1.92. The first kappa shape index (κ1) is 10.2. The summed E-state index contributed by atoms with van der Waals surface area (Å²) in [6.45, 7) is -0.0935. The number of benzene rings is 1. The van der Waals surface area contributed by atoms with Crippen LogP contribution in [0.5, 0.6) is 5.75 Å². The monoisotopic (exact) mass is 206 g/mol. The van der Waals surface area contributed by atoms with Crippen LogP contribution in [0.15, 0.2) is 18.2 Å². The minimum atomic E-state index is -0.0935. The van der Waals surface area contributed by atoms with Gasteiger partial charge in [0.25, 0.3) is 0 Å². The highest BCUT2D eigenvalue weighted by molar-refractivity contribution is 5.75. The van der Waals surface area contributed by atoms with Gasteiger partial charge >= 0.3 is 0 Å². The van der Waals surface area contributed by atoms with Crippen molar-refractivity contribution in [2.75, 3.05) is 0 Å². The predicted molar refractivity (Wildman–Crippen MR) is 56.0 cm³/mol. The summed E-state index contributed by atoms with van der Waals surface area (Å²) >= 11 is 0. The molecule has 0 saturated heterocycles. The second-order valence-electron chi connectivity index (χ2n) is 3.81. The topological polar surface area (TPSA) is 46.5 Å². The third-order valence-corrected chi connectivity index (χ3v) is 2.74. The van der Waals surface area contributed by atoms with Crippen LogP contribution in [0.4, 0.5) is 0 Å². The van der Waals surface area contributed by atoms with Crippen molar-refractivity contribution in [1.29, 1.82) is 0 Å². The summed E-state index contributed by atoms with van der Waals surface area (Å²) in [5.41, 5.74) is 1.26. The first-order valence-electron chi connectivity index (χ1n) is 5.19. The van der Waals surface area contributed by atoms with Gasteiger partial charge in [0.05, 0.1) is 12.7 Å². The summed E-state index contributed by atoms with van der Waals surface area (Å²) in [5.74, 6) is 0.702. The van der Waals surface area contributed by atoms with Gasteiger partial charge in [0.15, 0.2) is 0 Å². The Morgan fingerprint density at radius 1 is 1.47 bits per heavy atom. The number of hydrogen-bond donors (Lipinski definition) is 1. The number of hydrogen-bond acceptors (Lipinski definition) is 3. The summed E-state index contributed by atoms with van der Waals surface area (Å²) in [6.07, 6.45) is 4.44. The lowest BCUT2D eigenvalue weighted by Gasteiger charge is -2.27. The second-order valence-corrected chi connectivity index (χ2v) is 3.81. The fraction of sp³-hybridized carbons (Fsp3) is 0.417. The van der Waals surface area contributed by atoms with E-state index in [1.807, 2.05) is 0 Å². The number of aliphatic hydroxyl groups excluding tert-OH is 1. The number of aldehydes is 1. The van der Waals surface area contributed by atoms with Gasteiger partial charge in [-0.25, -0.2) is 0 Å². The summed E-state index contributed by atoms with van der Waals surface area (Å²) in [5, 5.41) is 9.15. The normalized spacial score (nSPS) is 15.8. The van der Waals surface area contributed by atoms with E-state index in [1.165, 1.54) is 6.42 Å². The zero-order valence-electron chi connectivity index (χ0n) is 8.48. The smallest absolute Gasteiger partial charge is 0.150 e. The molecule has 0 heterocycles. The minimum absolute atomic E-state index is 0.0935. The van der Waals surface area contributed by atoms with Crippen molar-refractivity contribution in [1.82, 2.24) is 0 Å². The molecule has 0 aromatic heterocycles. The lowest BCUT2D eigenvalue weighted by Crippen LogP contribution is -2.25. The first-order chi connectivity index (χ1) is 7.33. The van der Waals surface area contributed by atoms with Gasteiger partial charge in [0, 0.05) is 11.1 Å². The van der Waals surface area contributed by atoms with Crippen molar-refractivity contribution in [3.63, 3.8) is 0 Å². The number of carbonyl (C=O) groups excluding carboxylic acids is 1. The standard InChI is InChI=1S/C12H14O3/c13-7-9-4-5-12(10(6-9)8-14)15-11-2-1-3-11/h4-7,11,14H,1-3,8H2. The molecule has 3 heteroatoms. The van der Waals surface area contributed by atoms with Crippen LogP contribution in [-0.2, 0) is 6.61 Å². The molecule has 15 heavy (non-hydrogen) atoms. The molecule has 3 nitrogen and oxygen atoms in total. The largest absolute Gasteiger partial charge is 0.490 e. The maximum Gasteiger partial charge on any atom is 0.150 e. The van der Waals surface area contributed by atoms with E-state index in [-0.39, 0.29) is 12.7 Å². The van der Waals surface area contributed by atoms with Gasteiger partial charge in [0.1, 0.15) is 12.0 Å². The summed E-state index contributed by atoms with van der Waals surface area (Å²) < 4.78 is 5.70. The lowest BCUT2D eigenvalue weighted by molar-refractivity contribution is 0.112. The van der Waals surface area contributed by atoms with Crippen molar-refractivity contribution in [2.24, 2.45) is 0 Å². The van der Waals surface area contributed by atoms with E-state index in [9.17, 15) is 4.79 Å². The highest BCUT2D eigenvalue weighted by Crippen LogP contribution is 2.28. The van der Waals surface area contributed by atoms with E-state index in [0.717, 1.165) is 19.1 Å². The Kier molecular flexibility index (Phi) is 3.02. The zero-order valence-corrected chi connectivity index (χ0v) is 8.48. The molecule has 1 aliphatic rings. The molecular formula is C12H14O3. The molecule has 0 radical (unpaired) electrons. The van der Waals surface area contributed by atoms with Crippen molar-refractivity contribution >= 4 is 6.29 Å². The highest BCUT2D eigenvalue weighted by Gasteiger charge is 2.20. The molecule has 1 aliphatic carbocycles. The molecule has 0 amide bonds. The maximum atomic E-state index is 10.6. The third kappa shape index (κ3) is 2.18. The molecule has 1 N–H and O–H groups in total. The minimum Gasteiger partial charge on any atom is -0.490 e. The number of aliphatic hydroxyl groups is 1. The summed E-state index contributed by atoms with van der Waals surface area (Å²) in [6, 6.07) is 5.13. The Morgan fingerprint density at radius 2 is 2.27 bits per heavy atom. The Bertz CT molecular complexity index is 356. The SMILES string of the molecule is O=Cc1ccc(OC2CCC2)c(CO)c1. The van der Waals surface area contributed by atoms with Crippen molar-refractivity contribution in [3.8, 4) is 5.75 Å². The Morgan fingerprint density at radius 3 is 2.80 bits per heavy atom. The molecule has 1 saturated carbocycles. The first-order valence-corrected chi connectivity index (χ1v) is 5.19. The third-order valence-electron chi connectivity index (χ3n) is 2.74. The molecule has 1 aromatic rings. The molecule has 2 rings (SSSR count). The molecular weight excluding hydrogens is 192 g/mol. The molecule has 0 aliphatic heterocycles. The average molecular weight is 206 g/mol. The van der Waals surface area contributed by atoms with Gasteiger partial charge in [-0.3, -0.25) is 4.79 Å². The van der Waals surface area contributed by atoms with Crippen molar-refractivity contribution in [2.45, 2.75) is 32.0 Å². The fourth-order valence-corrected chi connectivity index (χ4v) is 1.58. The van der Waals surface area contributed by atoms with Crippen LogP contribution < -0.4 is 4.74 Å². The molecule has 0 unspecified atom stereocenters. The van der Waals surface area contributed by atoms with Gasteiger partial charge < -0.3 is 9.84 Å². The number of carbonyl (C=O) groups is 1. The van der Waals surface area contributed by atoms with Crippen LogP contribution in [0, 0.1) is 0 Å². The van der Waals surface area contributed by atoms with Gasteiger partial charge in [0.2, 0.25) is 0 Å². The molecule has 0 bridgehead atoms. The van der Waals surface area contributed by atoms with Crippen LogP contribution in [0.3, 0.4) is 0 Å². The number of ether oxygens (including phenoxy) is 1. The van der Waals surface area contributed by atoms with Crippen LogP contribution in [-0.4, -0.2) is 17.5 Å². The van der Waals surface area contributed by atoms with Gasteiger partial charge in [-0.15, -0.1) is 0 Å². The van der Waals surface area contributed by atoms with E-state index in [0.29, 0.717) is 16.9 Å². The highest BCUT2D eigenvalue weighted by atomic mass is 16.5. The Labute approximate surface area is 88.7 Å². The van der Waals surface area contributed by atoms with Crippen LogP contribution in [0.25, 0.3) is 0 Å². The Balaban J connectivity index is 2.17. The van der Waals surface area contributed by atoms with Crippen LogP contribution >= 0.6 is 0 Å².